The van der Waals surface area contributed by atoms with Gasteiger partial charge in [-0.25, -0.2) is 4.98 Å². The first-order chi connectivity index (χ1) is 13.4. The monoisotopic (exact) mass is 398 g/mol. The van der Waals surface area contributed by atoms with Crippen molar-refractivity contribution in [1.82, 2.24) is 19.9 Å². The average molecular weight is 399 g/mol. The summed E-state index contributed by atoms with van der Waals surface area (Å²) in [6.45, 7) is 8.38. The predicted octanol–water partition coefficient (Wildman–Crippen LogP) is 3.58. The first-order valence-corrected chi connectivity index (χ1v) is 10.5. The van der Waals surface area contributed by atoms with E-state index in [1.54, 1.807) is 4.57 Å². The summed E-state index contributed by atoms with van der Waals surface area (Å²) in [5, 5.41) is 3.49. The topological polar surface area (TPSA) is 79.8 Å². The Bertz CT molecular complexity index is 1030. The van der Waals surface area contributed by atoms with Crippen molar-refractivity contribution >= 4 is 28.7 Å². The van der Waals surface area contributed by atoms with Gasteiger partial charge in [-0.2, -0.15) is 0 Å². The Morgan fingerprint density at radius 3 is 2.57 bits per heavy atom. The minimum absolute atomic E-state index is 0.0457. The normalized spacial score (nSPS) is 11.3. The molecular weight excluding hydrogens is 372 g/mol. The Kier molecular flexibility index (Phi) is 6.24. The van der Waals surface area contributed by atoms with Crippen LogP contribution in [0.5, 0.6) is 0 Å². The number of aromatic nitrogens is 3. The molecule has 0 spiro atoms. The van der Waals surface area contributed by atoms with E-state index in [0.717, 1.165) is 17.7 Å². The number of nitrogens with one attached hydrogen (secondary N) is 2. The molecule has 0 bridgehead atoms. The van der Waals surface area contributed by atoms with Crippen molar-refractivity contribution in [3.05, 3.63) is 57.5 Å². The van der Waals surface area contributed by atoms with Gasteiger partial charge < -0.3 is 10.3 Å². The van der Waals surface area contributed by atoms with Gasteiger partial charge in [0.2, 0.25) is 5.91 Å². The highest BCUT2D eigenvalue weighted by Crippen LogP contribution is 2.21. The van der Waals surface area contributed by atoms with Crippen LogP contribution in [0.2, 0.25) is 0 Å². The van der Waals surface area contributed by atoms with Crippen LogP contribution in [0.15, 0.2) is 40.3 Å². The van der Waals surface area contributed by atoms with Crippen LogP contribution in [0.25, 0.3) is 11.0 Å². The molecule has 3 rings (SSSR count). The summed E-state index contributed by atoms with van der Waals surface area (Å²) in [7, 11) is 0. The lowest BCUT2D eigenvalue weighted by Crippen LogP contribution is -2.27. The number of fused-ring (bicyclic) bond motifs is 1. The molecular formula is C21H26N4O2S. The summed E-state index contributed by atoms with van der Waals surface area (Å²) in [6.07, 6.45) is 0.999. The molecule has 0 saturated heterocycles. The molecule has 1 amide bonds. The van der Waals surface area contributed by atoms with Crippen LogP contribution >= 0.6 is 11.8 Å². The highest BCUT2D eigenvalue weighted by atomic mass is 32.2. The maximum absolute atomic E-state index is 12.8. The second-order valence-corrected chi connectivity index (χ2v) is 8.05. The van der Waals surface area contributed by atoms with E-state index in [4.69, 9.17) is 0 Å². The summed E-state index contributed by atoms with van der Waals surface area (Å²) < 4.78 is 1.64. The molecule has 0 unspecified atom stereocenters. The number of benzene rings is 1. The van der Waals surface area contributed by atoms with E-state index in [2.05, 4.69) is 34.3 Å². The molecule has 0 aliphatic carbocycles. The minimum atomic E-state index is -0.105. The van der Waals surface area contributed by atoms with Gasteiger partial charge in [-0.15, -0.1) is 0 Å². The lowest BCUT2D eigenvalue weighted by Gasteiger charge is -2.15. The van der Waals surface area contributed by atoms with E-state index < -0.39 is 0 Å². The van der Waals surface area contributed by atoms with Gasteiger partial charge in [0, 0.05) is 18.3 Å². The fraction of sp³-hybridized carbons (Fsp3) is 0.381. The molecule has 148 valence electrons. The maximum atomic E-state index is 12.8. The summed E-state index contributed by atoms with van der Waals surface area (Å²) in [5.74, 6) is 0.126. The number of amides is 1. The molecule has 2 heterocycles. The van der Waals surface area contributed by atoms with Gasteiger partial charge in [0.15, 0.2) is 5.16 Å². The standard InChI is InChI=1S/C21H26N4O2S/c1-5-15-6-8-16(9-7-15)11-22-18(26)12-28-21-24-17-10-14(4)23-19(17)20(27)25(21)13(2)3/h6-10,13,23H,5,11-12H2,1-4H3,(H,22,26). The van der Waals surface area contributed by atoms with Crippen LogP contribution in [0.1, 0.15) is 43.6 Å². The zero-order valence-corrected chi connectivity index (χ0v) is 17.5. The molecule has 0 aliphatic rings. The van der Waals surface area contributed by atoms with Crippen molar-refractivity contribution in [3.63, 3.8) is 0 Å². The summed E-state index contributed by atoms with van der Waals surface area (Å²) in [6, 6.07) is 10.0. The molecule has 6 nitrogen and oxygen atoms in total. The molecule has 0 atom stereocenters. The first kappa shape index (κ1) is 20.2. The predicted molar refractivity (Wildman–Crippen MR) is 114 cm³/mol. The second-order valence-electron chi connectivity index (χ2n) is 7.11. The van der Waals surface area contributed by atoms with Crippen LogP contribution in [0.4, 0.5) is 0 Å². The van der Waals surface area contributed by atoms with Gasteiger partial charge in [-0.1, -0.05) is 43.0 Å². The Morgan fingerprint density at radius 1 is 1.25 bits per heavy atom. The molecule has 2 aromatic heterocycles. The Balaban J connectivity index is 1.69. The highest BCUT2D eigenvalue weighted by molar-refractivity contribution is 7.99. The number of H-pyrrole nitrogens is 1. The molecule has 0 saturated carbocycles. The largest absolute Gasteiger partial charge is 0.353 e. The number of aryl methyl sites for hydroxylation is 2. The van der Waals surface area contributed by atoms with E-state index in [1.165, 1.54) is 17.3 Å². The third-order valence-corrected chi connectivity index (χ3v) is 5.51. The first-order valence-electron chi connectivity index (χ1n) is 9.48. The van der Waals surface area contributed by atoms with Gasteiger partial charge >= 0.3 is 0 Å². The number of nitrogens with zero attached hydrogens (tertiary/aromatic N) is 2. The van der Waals surface area contributed by atoms with E-state index >= 15 is 0 Å². The van der Waals surface area contributed by atoms with Crippen molar-refractivity contribution in [3.8, 4) is 0 Å². The number of thioether (sulfide) groups is 1. The van der Waals surface area contributed by atoms with Gasteiger partial charge in [0.25, 0.3) is 5.56 Å². The molecule has 7 heteroatoms. The number of hydrogen-bond donors (Lipinski definition) is 2. The van der Waals surface area contributed by atoms with Crippen LogP contribution in [-0.2, 0) is 17.8 Å². The number of aromatic amines is 1. The number of hydrogen-bond acceptors (Lipinski definition) is 4. The molecule has 28 heavy (non-hydrogen) atoms. The zero-order valence-electron chi connectivity index (χ0n) is 16.7. The molecule has 2 N–H and O–H groups in total. The van der Waals surface area contributed by atoms with Gasteiger partial charge in [-0.3, -0.25) is 14.2 Å². The summed E-state index contributed by atoms with van der Waals surface area (Å²) >= 11 is 1.29. The SMILES string of the molecule is CCc1ccc(CNC(=O)CSc2nc3cc(C)[nH]c3c(=O)n2C(C)C)cc1. The summed E-state index contributed by atoms with van der Waals surface area (Å²) in [4.78, 5) is 32.8. The lowest BCUT2D eigenvalue weighted by molar-refractivity contribution is -0.118. The fourth-order valence-electron chi connectivity index (χ4n) is 3.02. The third-order valence-electron chi connectivity index (χ3n) is 4.56. The second kappa shape index (κ2) is 8.65. The van der Waals surface area contributed by atoms with E-state index in [0.29, 0.717) is 22.7 Å². The zero-order chi connectivity index (χ0) is 20.3. The molecule has 1 aromatic carbocycles. The van der Waals surface area contributed by atoms with E-state index in [9.17, 15) is 9.59 Å². The molecule has 0 aliphatic heterocycles. The van der Waals surface area contributed by atoms with E-state index in [-0.39, 0.29) is 23.3 Å². The van der Waals surface area contributed by atoms with Gasteiger partial charge in [-0.05, 0) is 44.4 Å². The Labute approximate surface area is 168 Å². The van der Waals surface area contributed by atoms with Gasteiger partial charge in [0.1, 0.15) is 5.52 Å². The minimum Gasteiger partial charge on any atom is -0.353 e. The highest BCUT2D eigenvalue weighted by Gasteiger charge is 2.16. The van der Waals surface area contributed by atoms with Crippen molar-refractivity contribution in [2.24, 2.45) is 0 Å². The fourth-order valence-corrected chi connectivity index (χ4v) is 3.98. The van der Waals surface area contributed by atoms with E-state index in [1.807, 2.05) is 39.0 Å². The number of carbonyl (C=O) groups is 1. The number of carbonyl (C=O) groups excluding carboxylic acids is 1. The maximum Gasteiger partial charge on any atom is 0.278 e. The van der Waals surface area contributed by atoms with Crippen LogP contribution in [0.3, 0.4) is 0 Å². The Hall–Kier alpha value is -2.54. The van der Waals surface area contributed by atoms with Crippen molar-refractivity contribution in [1.29, 1.82) is 0 Å². The lowest BCUT2D eigenvalue weighted by atomic mass is 10.1. The average Bonchev–Trinajstić information content (AvgIpc) is 3.05. The van der Waals surface area contributed by atoms with Crippen molar-refractivity contribution < 1.29 is 4.79 Å². The summed E-state index contributed by atoms with van der Waals surface area (Å²) in [5.41, 5.74) is 4.28. The van der Waals surface area contributed by atoms with Crippen molar-refractivity contribution in [2.75, 3.05) is 5.75 Å². The van der Waals surface area contributed by atoms with Gasteiger partial charge in [0.05, 0.1) is 11.3 Å². The quantitative estimate of drug-likeness (QED) is 0.471. The van der Waals surface area contributed by atoms with Crippen LogP contribution < -0.4 is 10.9 Å². The van der Waals surface area contributed by atoms with Crippen LogP contribution in [0, 0.1) is 6.92 Å². The van der Waals surface area contributed by atoms with Crippen LogP contribution in [-0.4, -0.2) is 26.2 Å². The molecule has 0 radical (unpaired) electrons. The number of rotatable bonds is 7. The third kappa shape index (κ3) is 4.47. The smallest absolute Gasteiger partial charge is 0.278 e. The van der Waals surface area contributed by atoms with Crippen molar-refractivity contribution in [2.45, 2.75) is 51.9 Å². The molecule has 0 fully saturated rings. The Morgan fingerprint density at radius 2 is 1.93 bits per heavy atom. The molecule has 3 aromatic rings.